The standard InChI is InChI=1S/C31H30F3N7O3/c1-3-5-26(42)39-16-13-22(14-17-39)37-29(43)27-28(25-12-15-36-40(25)23-10-8-20(19-35)9-11-23)38(2)41(30(27)44)24-7-4-6-21(18-24)31(32,33)34/h4,6-12,15,18,22H,3,5,13-14,16-17H2,1-2H3,(H,37,43). The van der Waals surface area contributed by atoms with Crippen molar-refractivity contribution in [3.8, 4) is 28.8 Å². The Morgan fingerprint density at radius 2 is 1.77 bits per heavy atom. The van der Waals surface area contributed by atoms with Crippen LogP contribution in [0.5, 0.6) is 0 Å². The Bertz CT molecular complexity index is 1790. The molecule has 1 N–H and O–H groups in total. The molecule has 2 aromatic carbocycles. The van der Waals surface area contributed by atoms with Gasteiger partial charge in [-0.2, -0.15) is 23.5 Å². The van der Waals surface area contributed by atoms with Crippen molar-refractivity contribution in [2.75, 3.05) is 13.1 Å². The predicted octanol–water partition coefficient (Wildman–Crippen LogP) is 4.44. The molecule has 0 bridgehead atoms. The van der Waals surface area contributed by atoms with Gasteiger partial charge < -0.3 is 10.2 Å². The van der Waals surface area contributed by atoms with Crippen molar-refractivity contribution in [3.05, 3.63) is 87.8 Å². The number of amides is 2. The first-order valence-corrected chi connectivity index (χ1v) is 14.2. The van der Waals surface area contributed by atoms with Crippen molar-refractivity contribution >= 4 is 11.8 Å². The van der Waals surface area contributed by atoms with Gasteiger partial charge in [0.1, 0.15) is 11.3 Å². The molecule has 1 aliphatic heterocycles. The van der Waals surface area contributed by atoms with E-state index in [1.165, 1.54) is 34.7 Å². The van der Waals surface area contributed by atoms with Gasteiger partial charge in [0, 0.05) is 32.6 Å². The Hall–Kier alpha value is -5.12. The molecule has 0 unspecified atom stereocenters. The van der Waals surface area contributed by atoms with E-state index in [2.05, 4.69) is 10.4 Å². The van der Waals surface area contributed by atoms with Crippen LogP contribution in [0.3, 0.4) is 0 Å². The number of alkyl halides is 3. The summed E-state index contributed by atoms with van der Waals surface area (Å²) >= 11 is 0. The number of hydrogen-bond acceptors (Lipinski definition) is 5. The number of carbonyl (C=O) groups is 2. The van der Waals surface area contributed by atoms with Crippen molar-refractivity contribution in [2.24, 2.45) is 7.05 Å². The number of aromatic nitrogens is 4. The van der Waals surface area contributed by atoms with Crippen LogP contribution in [0, 0.1) is 11.3 Å². The van der Waals surface area contributed by atoms with E-state index in [1.807, 2.05) is 13.0 Å². The summed E-state index contributed by atoms with van der Waals surface area (Å²) in [6.45, 7) is 2.86. The molecule has 1 fully saturated rings. The topological polar surface area (TPSA) is 118 Å². The minimum atomic E-state index is -4.64. The molecule has 0 radical (unpaired) electrons. The first-order valence-electron chi connectivity index (χ1n) is 14.2. The Morgan fingerprint density at radius 1 is 1.07 bits per heavy atom. The second kappa shape index (κ2) is 12.2. The number of nitriles is 1. The van der Waals surface area contributed by atoms with Crippen LogP contribution < -0.4 is 10.9 Å². The molecule has 5 rings (SSSR count). The van der Waals surface area contributed by atoms with Crippen LogP contribution >= 0.6 is 0 Å². The van der Waals surface area contributed by atoms with Crippen molar-refractivity contribution in [1.29, 1.82) is 5.26 Å². The maximum atomic E-state index is 14.0. The van der Waals surface area contributed by atoms with Crippen molar-refractivity contribution < 1.29 is 22.8 Å². The fourth-order valence-electron chi connectivity index (χ4n) is 5.48. The zero-order chi connectivity index (χ0) is 31.6. The lowest BCUT2D eigenvalue weighted by molar-refractivity contribution is -0.137. The normalized spacial score (nSPS) is 14.0. The molecule has 228 valence electrons. The van der Waals surface area contributed by atoms with Crippen LogP contribution in [0.2, 0.25) is 0 Å². The maximum Gasteiger partial charge on any atom is 0.416 e. The van der Waals surface area contributed by atoms with E-state index in [9.17, 15) is 32.8 Å². The molecule has 2 aromatic heterocycles. The Labute approximate surface area is 250 Å². The van der Waals surface area contributed by atoms with E-state index in [-0.39, 0.29) is 28.9 Å². The number of piperidine rings is 1. The highest BCUT2D eigenvalue weighted by atomic mass is 19.4. The van der Waals surface area contributed by atoms with Gasteiger partial charge in [-0.1, -0.05) is 13.0 Å². The number of halogens is 3. The third-order valence-corrected chi connectivity index (χ3v) is 7.68. The second-order valence-corrected chi connectivity index (χ2v) is 10.6. The summed E-state index contributed by atoms with van der Waals surface area (Å²) in [5.41, 5.74) is -0.631. The van der Waals surface area contributed by atoms with E-state index < -0.39 is 23.2 Å². The monoisotopic (exact) mass is 605 g/mol. The summed E-state index contributed by atoms with van der Waals surface area (Å²) in [6, 6.07) is 14.2. The fraction of sp³-hybridized carbons (Fsp3) is 0.323. The highest BCUT2D eigenvalue weighted by Crippen LogP contribution is 2.31. The molecule has 0 atom stereocenters. The van der Waals surface area contributed by atoms with Gasteiger partial charge in [-0.25, -0.2) is 9.36 Å². The minimum Gasteiger partial charge on any atom is -0.349 e. The van der Waals surface area contributed by atoms with Crippen LogP contribution in [-0.2, 0) is 18.0 Å². The molecule has 3 heterocycles. The number of carbonyl (C=O) groups excluding carboxylic acids is 2. The summed E-state index contributed by atoms with van der Waals surface area (Å²) in [7, 11) is 1.49. The van der Waals surface area contributed by atoms with Gasteiger partial charge in [0.25, 0.3) is 11.5 Å². The van der Waals surface area contributed by atoms with Crippen molar-refractivity contribution in [1.82, 2.24) is 29.4 Å². The Morgan fingerprint density at radius 3 is 2.41 bits per heavy atom. The smallest absolute Gasteiger partial charge is 0.349 e. The number of hydrogen-bond donors (Lipinski definition) is 1. The SMILES string of the molecule is CCCC(=O)N1CCC(NC(=O)c2c(-c3ccnn3-c3ccc(C#N)cc3)n(C)n(-c3cccc(C(F)(F)F)c3)c2=O)CC1. The lowest BCUT2D eigenvalue weighted by Gasteiger charge is -2.32. The molecule has 10 nitrogen and oxygen atoms in total. The van der Waals surface area contributed by atoms with Gasteiger partial charge >= 0.3 is 6.18 Å². The summed E-state index contributed by atoms with van der Waals surface area (Å²) < 4.78 is 44.6. The summed E-state index contributed by atoms with van der Waals surface area (Å²) in [5.74, 6) is -0.625. The summed E-state index contributed by atoms with van der Waals surface area (Å²) in [4.78, 5) is 41.9. The molecular formula is C31H30F3N7O3. The first-order chi connectivity index (χ1) is 21.0. The average molecular weight is 606 g/mol. The van der Waals surface area contributed by atoms with Gasteiger partial charge in [0.05, 0.1) is 40.5 Å². The van der Waals surface area contributed by atoms with Gasteiger partial charge in [0.2, 0.25) is 5.91 Å². The largest absolute Gasteiger partial charge is 0.416 e. The average Bonchev–Trinajstić information content (AvgIpc) is 3.59. The van der Waals surface area contributed by atoms with Gasteiger partial charge in [-0.15, -0.1) is 0 Å². The lowest BCUT2D eigenvalue weighted by Crippen LogP contribution is -2.47. The molecule has 44 heavy (non-hydrogen) atoms. The van der Waals surface area contributed by atoms with E-state index in [0.717, 1.165) is 23.2 Å². The summed E-state index contributed by atoms with van der Waals surface area (Å²) in [6.07, 6.45) is -0.988. The third kappa shape index (κ3) is 5.88. The number of likely N-dealkylation sites (tertiary alicyclic amines) is 1. The summed E-state index contributed by atoms with van der Waals surface area (Å²) in [5, 5.41) is 16.5. The van der Waals surface area contributed by atoms with Gasteiger partial charge in [-0.05, 0) is 67.8 Å². The molecule has 1 saturated heterocycles. The van der Waals surface area contributed by atoms with Gasteiger partial charge in [-0.3, -0.25) is 19.1 Å². The van der Waals surface area contributed by atoms with E-state index >= 15 is 0 Å². The van der Waals surface area contributed by atoms with Crippen LogP contribution in [-0.4, -0.2) is 55.0 Å². The van der Waals surface area contributed by atoms with Crippen LogP contribution in [0.25, 0.3) is 22.8 Å². The number of nitrogens with one attached hydrogen (secondary N) is 1. The highest BCUT2D eigenvalue weighted by Gasteiger charge is 2.33. The van der Waals surface area contributed by atoms with E-state index in [4.69, 9.17) is 0 Å². The van der Waals surface area contributed by atoms with Gasteiger partial charge in [0.15, 0.2) is 0 Å². The number of rotatable bonds is 7. The molecule has 0 aliphatic carbocycles. The molecule has 0 saturated carbocycles. The predicted molar refractivity (Wildman–Crippen MR) is 155 cm³/mol. The Balaban J connectivity index is 1.58. The molecule has 1 aliphatic rings. The number of nitrogens with zero attached hydrogens (tertiary/aromatic N) is 6. The van der Waals surface area contributed by atoms with Crippen molar-refractivity contribution in [2.45, 2.75) is 44.8 Å². The van der Waals surface area contributed by atoms with Crippen LogP contribution in [0.4, 0.5) is 13.2 Å². The van der Waals surface area contributed by atoms with E-state index in [1.54, 1.807) is 35.2 Å². The third-order valence-electron chi connectivity index (χ3n) is 7.68. The maximum absolute atomic E-state index is 14.0. The quantitative estimate of drug-likeness (QED) is 0.334. The fourth-order valence-corrected chi connectivity index (χ4v) is 5.48. The first kappa shape index (κ1) is 30.3. The van der Waals surface area contributed by atoms with E-state index in [0.29, 0.717) is 49.3 Å². The molecule has 0 spiro atoms. The molecule has 2 amide bonds. The van der Waals surface area contributed by atoms with Crippen molar-refractivity contribution in [3.63, 3.8) is 0 Å². The lowest BCUT2D eigenvalue weighted by atomic mass is 10.0. The molecule has 13 heteroatoms. The minimum absolute atomic E-state index is 0.0580. The zero-order valence-corrected chi connectivity index (χ0v) is 24.1. The molecular weight excluding hydrogens is 575 g/mol. The van der Waals surface area contributed by atoms with Crippen LogP contribution in [0.15, 0.2) is 65.6 Å². The van der Waals surface area contributed by atoms with Crippen LogP contribution in [0.1, 0.15) is 54.1 Å². The Kier molecular flexibility index (Phi) is 8.44. The molecule has 4 aromatic rings. The number of benzene rings is 2. The highest BCUT2D eigenvalue weighted by molar-refractivity contribution is 6.00. The zero-order valence-electron chi connectivity index (χ0n) is 24.1. The second-order valence-electron chi connectivity index (χ2n) is 10.6.